The van der Waals surface area contributed by atoms with Crippen LogP contribution in [0.5, 0.6) is 0 Å². The topological polar surface area (TPSA) is 36.6 Å². The van der Waals surface area contributed by atoms with Gasteiger partial charge in [0, 0.05) is 12.6 Å². The van der Waals surface area contributed by atoms with Crippen molar-refractivity contribution in [3.8, 4) is 0 Å². The van der Waals surface area contributed by atoms with E-state index in [1.54, 1.807) is 0 Å². The number of aliphatic hydroxyl groups excluding tert-OH is 1. The molecule has 1 rings (SSSR count). The van der Waals surface area contributed by atoms with Crippen LogP contribution in [0, 0.1) is 0 Å². The number of rotatable bonds is 5. The molecule has 1 aromatic heterocycles. The summed E-state index contributed by atoms with van der Waals surface area (Å²) in [6.45, 7) is 5.81. The van der Waals surface area contributed by atoms with Gasteiger partial charge in [-0.2, -0.15) is 0 Å². The number of nitrogens with zero attached hydrogens (tertiary/aromatic N) is 1. The number of furan rings is 1. The van der Waals surface area contributed by atoms with Crippen molar-refractivity contribution in [1.82, 2.24) is 4.90 Å². The molecule has 0 aliphatic carbocycles. The molecule has 0 amide bonds. The molecule has 0 aliphatic heterocycles. The summed E-state index contributed by atoms with van der Waals surface area (Å²) in [5.74, 6) is 0.916. The molecule has 1 N–H and O–H groups in total. The molecule has 14 heavy (non-hydrogen) atoms. The molecule has 3 nitrogen and oxygen atoms in total. The van der Waals surface area contributed by atoms with Crippen molar-refractivity contribution in [3.63, 3.8) is 0 Å². The number of halogens is 1. The molecule has 0 bridgehead atoms. The maximum atomic E-state index is 8.89. The van der Waals surface area contributed by atoms with Gasteiger partial charge >= 0.3 is 0 Å². The fourth-order valence-corrected chi connectivity index (χ4v) is 1.63. The summed E-state index contributed by atoms with van der Waals surface area (Å²) in [6.07, 6.45) is 0. The average Bonchev–Trinajstić information content (AvgIpc) is 2.50. The van der Waals surface area contributed by atoms with Crippen molar-refractivity contribution in [2.75, 3.05) is 13.2 Å². The highest BCUT2D eigenvalue weighted by Crippen LogP contribution is 2.16. The normalized spacial score (nSPS) is 11.6. The molecule has 80 valence electrons. The summed E-state index contributed by atoms with van der Waals surface area (Å²) in [5, 5.41) is 8.89. The number of hydrogen-bond donors (Lipinski definition) is 1. The molecule has 0 saturated heterocycles. The van der Waals surface area contributed by atoms with Gasteiger partial charge in [0.15, 0.2) is 4.67 Å². The zero-order valence-corrected chi connectivity index (χ0v) is 10.1. The van der Waals surface area contributed by atoms with Crippen molar-refractivity contribution < 1.29 is 9.52 Å². The summed E-state index contributed by atoms with van der Waals surface area (Å²) in [5.41, 5.74) is 0. The minimum atomic E-state index is 0.181. The summed E-state index contributed by atoms with van der Waals surface area (Å²) < 4.78 is 6.15. The predicted molar refractivity (Wildman–Crippen MR) is 59.0 cm³/mol. The van der Waals surface area contributed by atoms with Gasteiger partial charge in [-0.3, -0.25) is 4.90 Å². The standard InChI is InChI=1S/C10H16BrNO2/c1-8(2)12(5-6-13)7-9-3-4-10(11)14-9/h3-4,8,13H,5-7H2,1-2H3. The minimum Gasteiger partial charge on any atom is -0.453 e. The van der Waals surface area contributed by atoms with Crippen molar-refractivity contribution in [1.29, 1.82) is 0 Å². The highest BCUT2D eigenvalue weighted by Gasteiger charge is 2.11. The van der Waals surface area contributed by atoms with Crippen LogP contribution in [0.1, 0.15) is 19.6 Å². The van der Waals surface area contributed by atoms with E-state index in [4.69, 9.17) is 9.52 Å². The van der Waals surface area contributed by atoms with E-state index in [1.165, 1.54) is 0 Å². The third-order valence-corrected chi connectivity index (χ3v) is 2.53. The fraction of sp³-hybridized carbons (Fsp3) is 0.600. The second kappa shape index (κ2) is 5.53. The first-order valence-electron chi connectivity index (χ1n) is 4.72. The fourth-order valence-electron chi connectivity index (χ4n) is 1.29. The second-order valence-electron chi connectivity index (χ2n) is 3.49. The van der Waals surface area contributed by atoms with Crippen molar-refractivity contribution in [3.05, 3.63) is 22.6 Å². The molecule has 0 unspecified atom stereocenters. The Morgan fingerprint density at radius 2 is 2.21 bits per heavy atom. The Hall–Kier alpha value is -0.320. The van der Waals surface area contributed by atoms with Gasteiger partial charge in [-0.15, -0.1) is 0 Å². The van der Waals surface area contributed by atoms with E-state index in [-0.39, 0.29) is 6.61 Å². The van der Waals surface area contributed by atoms with Gasteiger partial charge in [0.05, 0.1) is 13.2 Å². The number of aliphatic hydroxyl groups is 1. The molecular formula is C10H16BrNO2. The molecule has 0 saturated carbocycles. The van der Waals surface area contributed by atoms with Gasteiger partial charge in [-0.1, -0.05) is 0 Å². The lowest BCUT2D eigenvalue weighted by Crippen LogP contribution is -2.32. The van der Waals surface area contributed by atoms with E-state index in [1.807, 2.05) is 12.1 Å². The van der Waals surface area contributed by atoms with E-state index < -0.39 is 0 Å². The average molecular weight is 262 g/mol. The lowest BCUT2D eigenvalue weighted by Gasteiger charge is -2.24. The van der Waals surface area contributed by atoms with Crippen LogP contribution >= 0.6 is 15.9 Å². The zero-order chi connectivity index (χ0) is 10.6. The van der Waals surface area contributed by atoms with E-state index in [9.17, 15) is 0 Å². The van der Waals surface area contributed by atoms with Crippen LogP contribution in [0.15, 0.2) is 21.2 Å². The Kier molecular flexibility index (Phi) is 4.65. The third-order valence-electron chi connectivity index (χ3n) is 2.11. The molecule has 0 fully saturated rings. The van der Waals surface area contributed by atoms with Crippen molar-refractivity contribution >= 4 is 15.9 Å². The van der Waals surface area contributed by atoms with Gasteiger partial charge < -0.3 is 9.52 Å². The Morgan fingerprint density at radius 3 is 2.64 bits per heavy atom. The molecule has 4 heteroatoms. The molecule has 0 aliphatic rings. The van der Waals surface area contributed by atoms with Gasteiger partial charge in [0.2, 0.25) is 0 Å². The van der Waals surface area contributed by atoms with Crippen LogP contribution in [0.3, 0.4) is 0 Å². The van der Waals surface area contributed by atoms with Crippen LogP contribution in [0.2, 0.25) is 0 Å². The smallest absolute Gasteiger partial charge is 0.169 e. The summed E-state index contributed by atoms with van der Waals surface area (Å²) >= 11 is 3.26. The van der Waals surface area contributed by atoms with Crippen molar-refractivity contribution in [2.24, 2.45) is 0 Å². The van der Waals surface area contributed by atoms with Crippen LogP contribution in [0.25, 0.3) is 0 Å². The number of hydrogen-bond acceptors (Lipinski definition) is 3. The second-order valence-corrected chi connectivity index (χ2v) is 4.28. The van der Waals surface area contributed by atoms with E-state index >= 15 is 0 Å². The van der Waals surface area contributed by atoms with Crippen LogP contribution in [-0.2, 0) is 6.54 Å². The maximum Gasteiger partial charge on any atom is 0.169 e. The van der Waals surface area contributed by atoms with Crippen LogP contribution in [0.4, 0.5) is 0 Å². The van der Waals surface area contributed by atoms with Gasteiger partial charge in [-0.05, 0) is 41.9 Å². The maximum absolute atomic E-state index is 8.89. The molecule has 0 radical (unpaired) electrons. The first kappa shape index (κ1) is 11.8. The highest BCUT2D eigenvalue weighted by atomic mass is 79.9. The molecular weight excluding hydrogens is 246 g/mol. The SMILES string of the molecule is CC(C)N(CCO)Cc1ccc(Br)o1. The van der Waals surface area contributed by atoms with Gasteiger partial charge in [0.25, 0.3) is 0 Å². The Bertz CT molecular complexity index is 273. The zero-order valence-electron chi connectivity index (χ0n) is 8.53. The Labute approximate surface area is 92.8 Å². The molecule has 1 aromatic rings. The molecule has 0 atom stereocenters. The lowest BCUT2D eigenvalue weighted by molar-refractivity contribution is 0.149. The molecule has 0 aromatic carbocycles. The molecule has 0 spiro atoms. The van der Waals surface area contributed by atoms with E-state index in [0.29, 0.717) is 12.6 Å². The van der Waals surface area contributed by atoms with Crippen LogP contribution < -0.4 is 0 Å². The first-order chi connectivity index (χ1) is 6.63. The van der Waals surface area contributed by atoms with Gasteiger partial charge in [-0.25, -0.2) is 0 Å². The van der Waals surface area contributed by atoms with E-state index in [0.717, 1.165) is 17.0 Å². The third kappa shape index (κ3) is 3.44. The minimum absolute atomic E-state index is 0.181. The Balaban J connectivity index is 2.55. The predicted octanol–water partition coefficient (Wildman–Crippen LogP) is 2.24. The highest BCUT2D eigenvalue weighted by molar-refractivity contribution is 9.10. The lowest BCUT2D eigenvalue weighted by atomic mass is 10.3. The first-order valence-corrected chi connectivity index (χ1v) is 5.52. The van der Waals surface area contributed by atoms with Crippen molar-refractivity contribution in [2.45, 2.75) is 26.4 Å². The summed E-state index contributed by atoms with van der Waals surface area (Å²) in [4.78, 5) is 2.16. The quantitative estimate of drug-likeness (QED) is 0.884. The summed E-state index contributed by atoms with van der Waals surface area (Å²) in [6, 6.07) is 4.23. The largest absolute Gasteiger partial charge is 0.453 e. The summed E-state index contributed by atoms with van der Waals surface area (Å²) in [7, 11) is 0. The van der Waals surface area contributed by atoms with Gasteiger partial charge in [0.1, 0.15) is 5.76 Å². The monoisotopic (exact) mass is 261 g/mol. The van der Waals surface area contributed by atoms with Crippen LogP contribution in [-0.4, -0.2) is 29.2 Å². The Morgan fingerprint density at radius 1 is 1.50 bits per heavy atom. The van der Waals surface area contributed by atoms with E-state index in [2.05, 4.69) is 34.7 Å². The molecule has 1 heterocycles.